The van der Waals surface area contributed by atoms with E-state index in [1.807, 2.05) is 31.3 Å². The van der Waals surface area contributed by atoms with Gasteiger partial charge in [0, 0.05) is 47.7 Å². The summed E-state index contributed by atoms with van der Waals surface area (Å²) in [5.41, 5.74) is 4.67. The van der Waals surface area contributed by atoms with Gasteiger partial charge in [-0.05, 0) is 32.3 Å². The van der Waals surface area contributed by atoms with Crippen molar-refractivity contribution in [3.8, 4) is 11.1 Å². The first-order valence-electron chi connectivity index (χ1n) is 9.63. The molecule has 0 radical (unpaired) electrons. The van der Waals surface area contributed by atoms with Gasteiger partial charge in [-0.1, -0.05) is 30.3 Å². The number of rotatable bonds is 3. The summed E-state index contributed by atoms with van der Waals surface area (Å²) in [5, 5.41) is 7.40. The van der Waals surface area contributed by atoms with Gasteiger partial charge in [-0.2, -0.15) is 5.10 Å². The number of hydrogen-bond donors (Lipinski definition) is 2. The van der Waals surface area contributed by atoms with Gasteiger partial charge in [0.05, 0.1) is 6.20 Å². The molecule has 1 aromatic carbocycles. The van der Waals surface area contributed by atoms with Crippen LogP contribution >= 0.6 is 0 Å². The maximum Gasteiger partial charge on any atom is 0.259 e. The highest BCUT2D eigenvalue weighted by atomic mass is 16.2. The first kappa shape index (κ1) is 18.2. The Morgan fingerprint density at radius 3 is 2.75 bits per heavy atom. The number of carbonyl (C=O) groups excluding carboxylic acids is 1. The number of aromatic amines is 2. The number of aryl methyl sites for hydroxylation is 2. The largest absolute Gasteiger partial charge is 0.362 e. The summed E-state index contributed by atoms with van der Waals surface area (Å²) >= 11 is 0. The van der Waals surface area contributed by atoms with E-state index in [1.165, 1.54) is 6.07 Å². The van der Waals surface area contributed by atoms with Crippen LogP contribution in [0.1, 0.15) is 46.2 Å². The van der Waals surface area contributed by atoms with Crippen molar-refractivity contribution < 1.29 is 4.79 Å². The van der Waals surface area contributed by atoms with Crippen molar-refractivity contribution in [3.63, 3.8) is 0 Å². The first-order valence-corrected chi connectivity index (χ1v) is 9.63. The maximum atomic E-state index is 13.1. The lowest BCUT2D eigenvalue weighted by molar-refractivity contribution is 0.0703. The van der Waals surface area contributed by atoms with Gasteiger partial charge in [0.25, 0.3) is 5.91 Å². The number of nitrogens with one attached hydrogen (secondary N) is 2. The molecule has 1 aliphatic heterocycles. The second-order valence-electron chi connectivity index (χ2n) is 7.47. The quantitative estimate of drug-likeness (QED) is 0.735. The number of amides is 1. The van der Waals surface area contributed by atoms with Gasteiger partial charge in [0.2, 0.25) is 0 Å². The van der Waals surface area contributed by atoms with Crippen molar-refractivity contribution in [1.29, 1.82) is 0 Å². The molecule has 6 nitrogen and oxygen atoms in total. The van der Waals surface area contributed by atoms with E-state index in [0.717, 1.165) is 35.4 Å². The highest BCUT2D eigenvalue weighted by Gasteiger charge is 2.30. The Bertz CT molecular complexity index is 1050. The molecule has 3 aromatic rings. The third-order valence-corrected chi connectivity index (χ3v) is 5.44. The number of piperidine rings is 1. The average Bonchev–Trinajstić information content (AvgIpc) is 3.18. The predicted octanol–water partition coefficient (Wildman–Crippen LogP) is 3.40. The zero-order chi connectivity index (χ0) is 19.7. The molecule has 0 aliphatic carbocycles. The monoisotopic (exact) mass is 376 g/mol. The molecule has 6 heteroatoms. The third kappa shape index (κ3) is 3.38. The molecule has 0 unspecified atom stereocenters. The number of nitrogens with zero attached hydrogens (tertiary/aromatic N) is 2. The first-order chi connectivity index (χ1) is 13.5. The molecular weight excluding hydrogens is 352 g/mol. The van der Waals surface area contributed by atoms with E-state index in [9.17, 15) is 9.59 Å². The predicted molar refractivity (Wildman–Crippen MR) is 108 cm³/mol. The number of likely N-dealkylation sites (tertiary alicyclic amines) is 1. The normalized spacial score (nSPS) is 16.9. The molecule has 1 amide bonds. The fourth-order valence-corrected chi connectivity index (χ4v) is 4.12. The second kappa shape index (κ2) is 7.46. The molecule has 1 saturated heterocycles. The van der Waals surface area contributed by atoms with Crippen LogP contribution in [0.2, 0.25) is 0 Å². The number of H-pyrrole nitrogens is 2. The second-order valence-corrected chi connectivity index (χ2v) is 7.47. The van der Waals surface area contributed by atoms with Crippen LogP contribution in [0.5, 0.6) is 0 Å². The molecule has 2 aromatic heterocycles. The maximum absolute atomic E-state index is 13.1. The molecule has 4 rings (SSSR count). The Morgan fingerprint density at radius 2 is 2.00 bits per heavy atom. The van der Waals surface area contributed by atoms with Gasteiger partial charge in [-0.25, -0.2) is 0 Å². The van der Waals surface area contributed by atoms with E-state index in [4.69, 9.17) is 0 Å². The summed E-state index contributed by atoms with van der Waals surface area (Å²) in [5.74, 6) is -0.0236. The lowest BCUT2D eigenvalue weighted by Crippen LogP contribution is -2.41. The molecule has 0 saturated carbocycles. The van der Waals surface area contributed by atoms with Crippen LogP contribution in [0.4, 0.5) is 0 Å². The van der Waals surface area contributed by atoms with E-state index >= 15 is 0 Å². The van der Waals surface area contributed by atoms with Gasteiger partial charge in [-0.15, -0.1) is 0 Å². The van der Waals surface area contributed by atoms with Crippen molar-refractivity contribution in [1.82, 2.24) is 20.1 Å². The molecule has 0 spiro atoms. The highest BCUT2D eigenvalue weighted by Crippen LogP contribution is 2.33. The number of aromatic nitrogens is 3. The van der Waals surface area contributed by atoms with Gasteiger partial charge < -0.3 is 9.88 Å². The zero-order valence-electron chi connectivity index (χ0n) is 16.2. The minimum atomic E-state index is -0.215. The minimum Gasteiger partial charge on any atom is -0.362 e. The molecule has 144 valence electrons. The van der Waals surface area contributed by atoms with Crippen LogP contribution in [-0.4, -0.2) is 39.1 Å². The van der Waals surface area contributed by atoms with Gasteiger partial charge >= 0.3 is 0 Å². The van der Waals surface area contributed by atoms with Crippen LogP contribution in [0.25, 0.3) is 11.1 Å². The average molecular weight is 376 g/mol. The Morgan fingerprint density at radius 1 is 1.21 bits per heavy atom. The molecular formula is C22H24N4O2. The van der Waals surface area contributed by atoms with Crippen molar-refractivity contribution >= 4 is 5.91 Å². The minimum absolute atomic E-state index is 0.167. The fourth-order valence-electron chi connectivity index (χ4n) is 4.12. The lowest BCUT2D eigenvalue weighted by Gasteiger charge is -2.33. The van der Waals surface area contributed by atoms with Crippen molar-refractivity contribution in [3.05, 3.63) is 75.5 Å². The van der Waals surface area contributed by atoms with Crippen molar-refractivity contribution in [2.45, 2.75) is 32.6 Å². The van der Waals surface area contributed by atoms with E-state index in [0.29, 0.717) is 18.8 Å². The third-order valence-electron chi connectivity index (χ3n) is 5.44. The summed E-state index contributed by atoms with van der Waals surface area (Å²) in [6.45, 7) is 4.85. The van der Waals surface area contributed by atoms with E-state index in [-0.39, 0.29) is 22.8 Å². The van der Waals surface area contributed by atoms with Gasteiger partial charge in [0.15, 0.2) is 5.43 Å². The van der Waals surface area contributed by atoms with Crippen LogP contribution in [0.3, 0.4) is 0 Å². The molecule has 0 bridgehead atoms. The van der Waals surface area contributed by atoms with Gasteiger partial charge in [0.1, 0.15) is 5.56 Å². The summed E-state index contributed by atoms with van der Waals surface area (Å²) < 4.78 is 0. The van der Waals surface area contributed by atoms with Gasteiger partial charge in [-0.3, -0.25) is 14.7 Å². The van der Waals surface area contributed by atoms with Crippen molar-refractivity contribution in [2.24, 2.45) is 0 Å². The standard InChI is InChI=1S/C22H24N4O2/c1-14-11-19(27)20(15(2)24-14)22(28)26-10-6-9-17(13-26)21-18(12-23-25-21)16-7-4-3-5-8-16/h3-5,7-8,11-12,17H,6,9-10,13H2,1-2H3,(H,23,25)(H,24,27)/t17-/m0/s1. The molecule has 1 fully saturated rings. The van der Waals surface area contributed by atoms with Crippen LogP contribution in [0.15, 0.2) is 47.4 Å². The van der Waals surface area contributed by atoms with Crippen LogP contribution in [-0.2, 0) is 0 Å². The number of carbonyl (C=O) groups is 1. The summed E-state index contributed by atoms with van der Waals surface area (Å²) in [7, 11) is 0. The molecule has 1 aliphatic rings. The highest BCUT2D eigenvalue weighted by molar-refractivity contribution is 5.95. The van der Waals surface area contributed by atoms with E-state index in [1.54, 1.807) is 11.8 Å². The summed E-state index contributed by atoms with van der Waals surface area (Å²) in [4.78, 5) is 30.4. The SMILES string of the molecule is Cc1cc(=O)c(C(=O)N2CCC[C@H](c3[nH]ncc3-c3ccccc3)C2)c(C)[nH]1. The smallest absolute Gasteiger partial charge is 0.259 e. The molecule has 1 atom stereocenters. The summed E-state index contributed by atoms with van der Waals surface area (Å²) in [6.07, 6.45) is 3.72. The molecule has 28 heavy (non-hydrogen) atoms. The Balaban J connectivity index is 1.61. The topological polar surface area (TPSA) is 81.8 Å². The lowest BCUT2D eigenvalue weighted by atomic mass is 9.90. The Labute approximate surface area is 163 Å². The molecule has 3 heterocycles. The number of pyridine rings is 1. The Hall–Kier alpha value is -3.15. The number of benzene rings is 1. The van der Waals surface area contributed by atoms with E-state index in [2.05, 4.69) is 27.3 Å². The van der Waals surface area contributed by atoms with E-state index < -0.39 is 0 Å². The van der Waals surface area contributed by atoms with Crippen molar-refractivity contribution in [2.75, 3.05) is 13.1 Å². The van der Waals surface area contributed by atoms with Crippen LogP contribution < -0.4 is 5.43 Å². The Kier molecular flexibility index (Phi) is 4.86. The summed E-state index contributed by atoms with van der Waals surface area (Å²) in [6, 6.07) is 11.6. The molecule has 2 N–H and O–H groups in total. The van der Waals surface area contributed by atoms with Crippen LogP contribution in [0, 0.1) is 13.8 Å². The zero-order valence-corrected chi connectivity index (χ0v) is 16.2. The fraction of sp³-hybridized carbons (Fsp3) is 0.318. The number of hydrogen-bond acceptors (Lipinski definition) is 3.